The second kappa shape index (κ2) is 11.9. The van der Waals surface area contributed by atoms with E-state index in [1.807, 2.05) is 13.8 Å². The van der Waals surface area contributed by atoms with Gasteiger partial charge in [-0.3, -0.25) is 14.5 Å². The molecule has 2 aromatic rings. The molecule has 2 aromatic carbocycles. The Bertz CT molecular complexity index is 1070. The average Bonchev–Trinajstić information content (AvgIpc) is 2.80. The number of carbonyl (C=O) groups is 3. The van der Waals surface area contributed by atoms with Crippen molar-refractivity contribution in [3.63, 3.8) is 0 Å². The van der Waals surface area contributed by atoms with Crippen LogP contribution in [0.15, 0.2) is 42.5 Å². The standard InChI is InChI=1S/C24H29ClFN5O4/c1-15-12-31(16(2)11-30(15)13-17-3-6-19(26)7-4-17)23(33)14-35-21-8-5-18(25)9-20(21)29-22(32)10-28-24(27)34/h3-9,15-16H,10-14H2,1-2H3,(H,29,32)(H3,27,28,34)/t15-,16+/m0/s1. The third kappa shape index (κ3) is 7.56. The van der Waals surface area contributed by atoms with Gasteiger partial charge in [-0.2, -0.15) is 0 Å². The van der Waals surface area contributed by atoms with Gasteiger partial charge in [0.15, 0.2) is 6.61 Å². The fraction of sp³-hybridized carbons (Fsp3) is 0.375. The first kappa shape index (κ1) is 26.2. The van der Waals surface area contributed by atoms with E-state index in [0.29, 0.717) is 24.7 Å². The predicted molar refractivity (Wildman–Crippen MR) is 131 cm³/mol. The molecule has 0 aliphatic carbocycles. The summed E-state index contributed by atoms with van der Waals surface area (Å²) in [7, 11) is 0. The van der Waals surface area contributed by atoms with E-state index in [9.17, 15) is 18.8 Å². The van der Waals surface area contributed by atoms with Crippen molar-refractivity contribution in [1.82, 2.24) is 15.1 Å². The van der Waals surface area contributed by atoms with Crippen molar-refractivity contribution in [2.75, 3.05) is 31.6 Å². The Kier molecular flexibility index (Phi) is 8.89. The van der Waals surface area contributed by atoms with Crippen molar-refractivity contribution in [2.24, 2.45) is 5.73 Å². The Morgan fingerprint density at radius 3 is 2.51 bits per heavy atom. The number of carbonyl (C=O) groups excluding carboxylic acids is 3. The van der Waals surface area contributed by atoms with Crippen LogP contribution in [0.5, 0.6) is 5.75 Å². The quantitative estimate of drug-likeness (QED) is 0.510. The Morgan fingerprint density at radius 2 is 1.83 bits per heavy atom. The van der Waals surface area contributed by atoms with Crippen molar-refractivity contribution in [1.29, 1.82) is 0 Å². The normalized spacial score (nSPS) is 18.1. The molecule has 1 aliphatic rings. The van der Waals surface area contributed by atoms with Crippen molar-refractivity contribution >= 4 is 35.1 Å². The summed E-state index contributed by atoms with van der Waals surface area (Å²) < 4.78 is 18.9. The summed E-state index contributed by atoms with van der Waals surface area (Å²) in [5, 5.41) is 5.14. The van der Waals surface area contributed by atoms with Crippen molar-refractivity contribution in [2.45, 2.75) is 32.5 Å². The molecule has 4 amide bonds. The molecule has 4 N–H and O–H groups in total. The molecule has 0 unspecified atom stereocenters. The number of rotatable bonds is 8. The molecule has 0 spiro atoms. The lowest BCUT2D eigenvalue weighted by molar-refractivity contribution is -0.139. The molecule has 11 heteroatoms. The van der Waals surface area contributed by atoms with E-state index in [1.54, 1.807) is 29.2 Å². The molecule has 1 heterocycles. The molecular weight excluding hydrogens is 477 g/mol. The van der Waals surface area contributed by atoms with Gasteiger partial charge >= 0.3 is 6.03 Å². The third-order valence-corrected chi connectivity index (χ3v) is 5.96. The lowest BCUT2D eigenvalue weighted by Crippen LogP contribution is -2.58. The topological polar surface area (TPSA) is 117 Å². The van der Waals surface area contributed by atoms with E-state index in [4.69, 9.17) is 22.1 Å². The number of benzene rings is 2. The first-order valence-electron chi connectivity index (χ1n) is 11.2. The maximum absolute atomic E-state index is 13.2. The number of urea groups is 1. The number of nitrogens with zero attached hydrogens (tertiary/aromatic N) is 2. The number of ether oxygens (including phenoxy) is 1. The number of primary amides is 1. The molecule has 9 nitrogen and oxygen atoms in total. The molecule has 1 fully saturated rings. The smallest absolute Gasteiger partial charge is 0.312 e. The average molecular weight is 506 g/mol. The Balaban J connectivity index is 1.58. The number of halogens is 2. The molecule has 0 saturated carbocycles. The number of anilines is 1. The van der Waals surface area contributed by atoms with Crippen LogP contribution in [0.4, 0.5) is 14.9 Å². The van der Waals surface area contributed by atoms with E-state index < -0.39 is 11.9 Å². The van der Waals surface area contributed by atoms with Crippen LogP contribution in [-0.4, -0.2) is 66.0 Å². The van der Waals surface area contributed by atoms with Crippen LogP contribution < -0.4 is 21.1 Å². The van der Waals surface area contributed by atoms with Gasteiger partial charge in [-0.1, -0.05) is 23.7 Å². The summed E-state index contributed by atoms with van der Waals surface area (Å²) in [5.74, 6) is -0.711. The summed E-state index contributed by atoms with van der Waals surface area (Å²) in [6.07, 6.45) is 0. The van der Waals surface area contributed by atoms with Gasteiger partial charge in [-0.05, 0) is 49.7 Å². The minimum Gasteiger partial charge on any atom is -0.482 e. The number of piperazine rings is 1. The van der Waals surface area contributed by atoms with E-state index in [2.05, 4.69) is 15.5 Å². The summed E-state index contributed by atoms with van der Waals surface area (Å²) in [4.78, 5) is 39.9. The van der Waals surface area contributed by atoms with Gasteiger partial charge in [-0.15, -0.1) is 0 Å². The lowest BCUT2D eigenvalue weighted by Gasteiger charge is -2.44. The van der Waals surface area contributed by atoms with Crippen LogP contribution in [0.3, 0.4) is 0 Å². The molecule has 0 aromatic heterocycles. The molecule has 1 saturated heterocycles. The summed E-state index contributed by atoms with van der Waals surface area (Å²) in [5.41, 5.74) is 6.26. The molecule has 3 rings (SSSR count). The Morgan fingerprint density at radius 1 is 1.11 bits per heavy atom. The lowest BCUT2D eigenvalue weighted by atomic mass is 10.1. The minimum atomic E-state index is -0.825. The molecule has 0 bridgehead atoms. The minimum absolute atomic E-state index is 0.0491. The predicted octanol–water partition coefficient (Wildman–Crippen LogP) is 2.59. The van der Waals surface area contributed by atoms with E-state index in [1.165, 1.54) is 18.2 Å². The second-order valence-electron chi connectivity index (χ2n) is 8.50. The fourth-order valence-corrected chi connectivity index (χ4v) is 4.07. The summed E-state index contributed by atoms with van der Waals surface area (Å²) in [6.45, 7) is 5.33. The largest absolute Gasteiger partial charge is 0.482 e. The maximum atomic E-state index is 13.2. The number of hydrogen-bond acceptors (Lipinski definition) is 5. The molecule has 1 aliphatic heterocycles. The highest BCUT2D eigenvalue weighted by Crippen LogP contribution is 2.28. The zero-order valence-electron chi connectivity index (χ0n) is 19.6. The van der Waals surface area contributed by atoms with Crippen molar-refractivity contribution < 1.29 is 23.5 Å². The third-order valence-electron chi connectivity index (χ3n) is 5.72. The van der Waals surface area contributed by atoms with Crippen molar-refractivity contribution in [3.05, 3.63) is 58.9 Å². The number of hydrogen-bond donors (Lipinski definition) is 3. The highest BCUT2D eigenvalue weighted by molar-refractivity contribution is 6.31. The van der Waals surface area contributed by atoms with E-state index in [0.717, 1.165) is 5.56 Å². The van der Waals surface area contributed by atoms with E-state index in [-0.39, 0.29) is 48.4 Å². The number of nitrogens with one attached hydrogen (secondary N) is 2. The monoisotopic (exact) mass is 505 g/mol. The van der Waals surface area contributed by atoms with Gasteiger partial charge in [0.25, 0.3) is 5.91 Å². The highest BCUT2D eigenvalue weighted by atomic mass is 35.5. The van der Waals surface area contributed by atoms with Crippen LogP contribution in [0, 0.1) is 5.82 Å². The maximum Gasteiger partial charge on any atom is 0.312 e. The molecule has 188 valence electrons. The highest BCUT2D eigenvalue weighted by Gasteiger charge is 2.32. The van der Waals surface area contributed by atoms with Gasteiger partial charge in [-0.25, -0.2) is 9.18 Å². The molecule has 0 radical (unpaired) electrons. The summed E-state index contributed by atoms with van der Waals surface area (Å²) in [6, 6.07) is 10.3. The Labute approximate surface area is 208 Å². The van der Waals surface area contributed by atoms with Crippen LogP contribution in [0.1, 0.15) is 19.4 Å². The van der Waals surface area contributed by atoms with Crippen LogP contribution in [-0.2, 0) is 16.1 Å². The van der Waals surface area contributed by atoms with Crippen LogP contribution >= 0.6 is 11.6 Å². The van der Waals surface area contributed by atoms with Crippen LogP contribution in [0.2, 0.25) is 5.02 Å². The molecule has 2 atom stereocenters. The summed E-state index contributed by atoms with van der Waals surface area (Å²) >= 11 is 6.03. The van der Waals surface area contributed by atoms with E-state index >= 15 is 0 Å². The zero-order chi connectivity index (χ0) is 25.5. The molecular formula is C24H29ClFN5O4. The first-order chi connectivity index (χ1) is 16.6. The van der Waals surface area contributed by atoms with Gasteiger partial charge in [0.1, 0.15) is 11.6 Å². The fourth-order valence-electron chi connectivity index (χ4n) is 3.90. The van der Waals surface area contributed by atoms with Gasteiger partial charge in [0, 0.05) is 36.7 Å². The Hall–Kier alpha value is -3.37. The number of amides is 4. The first-order valence-corrected chi connectivity index (χ1v) is 11.5. The zero-order valence-corrected chi connectivity index (χ0v) is 20.3. The van der Waals surface area contributed by atoms with Crippen molar-refractivity contribution in [3.8, 4) is 5.75 Å². The van der Waals surface area contributed by atoms with Gasteiger partial charge in [0.05, 0.1) is 12.2 Å². The van der Waals surface area contributed by atoms with Gasteiger partial charge < -0.3 is 26.0 Å². The van der Waals surface area contributed by atoms with Crippen LogP contribution in [0.25, 0.3) is 0 Å². The SMILES string of the molecule is C[C@@H]1CN(Cc2ccc(F)cc2)[C@@H](C)CN1C(=O)COc1ccc(Cl)cc1NC(=O)CNC(N)=O. The van der Waals surface area contributed by atoms with Gasteiger partial charge in [0.2, 0.25) is 5.91 Å². The number of nitrogens with two attached hydrogens (primary N) is 1. The molecule has 35 heavy (non-hydrogen) atoms. The second-order valence-corrected chi connectivity index (χ2v) is 8.93.